The summed E-state index contributed by atoms with van der Waals surface area (Å²) in [5.41, 5.74) is 0. The molecule has 0 radical (unpaired) electrons. The molecule has 3 fully saturated rings. The van der Waals surface area contributed by atoms with Crippen molar-refractivity contribution in [1.29, 1.82) is 0 Å². The quantitative estimate of drug-likeness (QED) is 0.779. The molecule has 3 rings (SSSR count). The molecule has 16 heavy (non-hydrogen) atoms. The lowest BCUT2D eigenvalue weighted by atomic mass is 9.72. The van der Waals surface area contributed by atoms with Gasteiger partial charge in [0.2, 0.25) is 0 Å². The highest BCUT2D eigenvalue weighted by Crippen LogP contribution is 2.63. The number of hydrogen-bond acceptors (Lipinski definition) is 1. The summed E-state index contributed by atoms with van der Waals surface area (Å²) in [6, 6.07) is 0. The van der Waals surface area contributed by atoms with E-state index < -0.39 is 5.97 Å². The molecular weight excluding hydrogens is 200 g/mol. The Bertz CT molecular complexity index is 310. The van der Waals surface area contributed by atoms with Crippen LogP contribution in [-0.2, 0) is 4.79 Å². The third-order valence-corrected chi connectivity index (χ3v) is 5.72. The van der Waals surface area contributed by atoms with Gasteiger partial charge in [-0.15, -0.1) is 0 Å². The molecule has 3 saturated carbocycles. The largest absolute Gasteiger partial charge is 0.481 e. The Morgan fingerprint density at radius 2 is 1.75 bits per heavy atom. The zero-order chi connectivity index (χ0) is 11.4. The Hall–Kier alpha value is -0.530. The van der Waals surface area contributed by atoms with Gasteiger partial charge in [0.1, 0.15) is 0 Å². The van der Waals surface area contributed by atoms with Crippen molar-refractivity contribution in [3.8, 4) is 0 Å². The zero-order valence-electron chi connectivity index (χ0n) is 10.2. The Morgan fingerprint density at radius 1 is 1.06 bits per heavy atom. The summed E-state index contributed by atoms with van der Waals surface area (Å²) in [5.74, 6) is 4.36. The molecule has 0 heterocycles. The second kappa shape index (κ2) is 3.48. The first-order valence-electron chi connectivity index (χ1n) is 6.80. The summed E-state index contributed by atoms with van der Waals surface area (Å²) < 4.78 is 0. The number of carboxylic acids is 1. The summed E-state index contributed by atoms with van der Waals surface area (Å²) in [6.45, 7) is 4.67. The van der Waals surface area contributed by atoms with Gasteiger partial charge in [-0.2, -0.15) is 0 Å². The van der Waals surface area contributed by atoms with E-state index in [0.29, 0.717) is 0 Å². The number of carbonyl (C=O) groups is 1. The highest BCUT2D eigenvalue weighted by Gasteiger charge is 2.57. The van der Waals surface area contributed by atoms with Crippen LogP contribution >= 0.6 is 0 Å². The Balaban J connectivity index is 1.76. The minimum atomic E-state index is -0.546. The Labute approximate surface area is 97.4 Å². The number of aliphatic carboxylic acids is 1. The van der Waals surface area contributed by atoms with Gasteiger partial charge in [0.15, 0.2) is 0 Å². The fraction of sp³-hybridized carbons (Fsp3) is 0.929. The maximum atomic E-state index is 11.1. The second-order valence-corrected chi connectivity index (χ2v) is 6.64. The highest BCUT2D eigenvalue weighted by atomic mass is 16.4. The molecule has 3 aliphatic rings. The van der Waals surface area contributed by atoms with Gasteiger partial charge in [0.05, 0.1) is 5.92 Å². The second-order valence-electron chi connectivity index (χ2n) is 6.64. The first kappa shape index (κ1) is 10.6. The SMILES string of the molecule is CC(C)C1CC2CC1C1CC(C(=O)O)CC21. The zero-order valence-corrected chi connectivity index (χ0v) is 10.2. The van der Waals surface area contributed by atoms with Crippen LogP contribution in [0.4, 0.5) is 0 Å². The van der Waals surface area contributed by atoms with Crippen LogP contribution in [0.25, 0.3) is 0 Å². The van der Waals surface area contributed by atoms with E-state index >= 15 is 0 Å². The lowest BCUT2D eigenvalue weighted by molar-refractivity contribution is -0.141. The van der Waals surface area contributed by atoms with Crippen molar-refractivity contribution in [2.45, 2.75) is 39.5 Å². The first-order valence-corrected chi connectivity index (χ1v) is 6.80. The van der Waals surface area contributed by atoms with E-state index in [2.05, 4.69) is 13.8 Å². The van der Waals surface area contributed by atoms with Crippen molar-refractivity contribution in [2.24, 2.45) is 41.4 Å². The standard InChI is InChI=1S/C14H22O2/c1-7(2)10-3-8-4-12(10)13-6-9(14(15)16)5-11(8)13/h7-13H,3-6H2,1-2H3,(H,15,16). The van der Waals surface area contributed by atoms with Crippen molar-refractivity contribution in [1.82, 2.24) is 0 Å². The molecule has 6 atom stereocenters. The average molecular weight is 222 g/mol. The van der Waals surface area contributed by atoms with Crippen molar-refractivity contribution >= 4 is 5.97 Å². The van der Waals surface area contributed by atoms with Crippen LogP contribution in [0.5, 0.6) is 0 Å². The van der Waals surface area contributed by atoms with Crippen LogP contribution in [0, 0.1) is 41.4 Å². The monoisotopic (exact) mass is 222 g/mol. The molecule has 0 saturated heterocycles. The van der Waals surface area contributed by atoms with Crippen molar-refractivity contribution in [3.05, 3.63) is 0 Å². The van der Waals surface area contributed by atoms with Crippen LogP contribution in [-0.4, -0.2) is 11.1 Å². The van der Waals surface area contributed by atoms with E-state index in [9.17, 15) is 4.79 Å². The van der Waals surface area contributed by atoms with E-state index in [0.717, 1.165) is 48.3 Å². The summed E-state index contributed by atoms with van der Waals surface area (Å²) in [5, 5.41) is 9.14. The maximum absolute atomic E-state index is 11.1. The highest BCUT2D eigenvalue weighted by molar-refractivity contribution is 5.70. The molecule has 0 aromatic heterocycles. The number of carboxylic acid groups (broad SMARTS) is 1. The third kappa shape index (κ3) is 1.34. The van der Waals surface area contributed by atoms with Gasteiger partial charge in [-0.3, -0.25) is 4.79 Å². The van der Waals surface area contributed by atoms with Gasteiger partial charge in [0.25, 0.3) is 0 Å². The molecule has 1 N–H and O–H groups in total. The van der Waals surface area contributed by atoms with Gasteiger partial charge in [-0.05, 0) is 61.2 Å². The fourth-order valence-electron chi connectivity index (χ4n) is 5.09. The molecule has 2 nitrogen and oxygen atoms in total. The van der Waals surface area contributed by atoms with E-state index in [-0.39, 0.29) is 5.92 Å². The predicted molar refractivity (Wildman–Crippen MR) is 61.9 cm³/mol. The van der Waals surface area contributed by atoms with Crippen molar-refractivity contribution in [2.75, 3.05) is 0 Å². The molecule has 3 aliphatic carbocycles. The summed E-state index contributed by atoms with van der Waals surface area (Å²) >= 11 is 0. The van der Waals surface area contributed by atoms with Gasteiger partial charge in [0, 0.05) is 0 Å². The molecule has 0 spiro atoms. The number of hydrogen-bond donors (Lipinski definition) is 1. The van der Waals surface area contributed by atoms with Gasteiger partial charge in [-0.1, -0.05) is 13.8 Å². The molecule has 0 aromatic carbocycles. The van der Waals surface area contributed by atoms with Crippen LogP contribution in [0.3, 0.4) is 0 Å². The summed E-state index contributed by atoms with van der Waals surface area (Å²) in [7, 11) is 0. The maximum Gasteiger partial charge on any atom is 0.306 e. The predicted octanol–water partition coefficient (Wildman–Crippen LogP) is 3.03. The smallest absolute Gasteiger partial charge is 0.306 e. The van der Waals surface area contributed by atoms with Crippen LogP contribution in [0.15, 0.2) is 0 Å². The first-order chi connectivity index (χ1) is 7.58. The Kier molecular flexibility index (Phi) is 2.31. The van der Waals surface area contributed by atoms with Gasteiger partial charge >= 0.3 is 5.97 Å². The summed E-state index contributed by atoms with van der Waals surface area (Å²) in [6.07, 6.45) is 4.75. The molecule has 0 aliphatic heterocycles. The third-order valence-electron chi connectivity index (χ3n) is 5.72. The molecule has 0 amide bonds. The topological polar surface area (TPSA) is 37.3 Å². The van der Waals surface area contributed by atoms with Crippen LogP contribution < -0.4 is 0 Å². The minimum Gasteiger partial charge on any atom is -0.481 e. The molecule has 90 valence electrons. The van der Waals surface area contributed by atoms with Crippen LogP contribution in [0.1, 0.15) is 39.5 Å². The number of rotatable bonds is 2. The average Bonchev–Trinajstić information content (AvgIpc) is 2.87. The van der Waals surface area contributed by atoms with E-state index in [1.165, 1.54) is 12.8 Å². The van der Waals surface area contributed by atoms with Crippen molar-refractivity contribution < 1.29 is 9.90 Å². The Morgan fingerprint density at radius 3 is 2.38 bits per heavy atom. The summed E-state index contributed by atoms with van der Waals surface area (Å²) in [4.78, 5) is 11.1. The fourth-order valence-corrected chi connectivity index (χ4v) is 5.09. The van der Waals surface area contributed by atoms with E-state index in [4.69, 9.17) is 5.11 Å². The molecule has 2 heteroatoms. The molecular formula is C14H22O2. The number of fused-ring (bicyclic) bond motifs is 5. The molecule has 2 bridgehead atoms. The van der Waals surface area contributed by atoms with Gasteiger partial charge < -0.3 is 5.11 Å². The molecule has 0 aromatic rings. The lowest BCUT2D eigenvalue weighted by Crippen LogP contribution is -2.27. The lowest BCUT2D eigenvalue weighted by Gasteiger charge is -2.33. The van der Waals surface area contributed by atoms with Gasteiger partial charge in [-0.25, -0.2) is 0 Å². The van der Waals surface area contributed by atoms with E-state index in [1.54, 1.807) is 0 Å². The van der Waals surface area contributed by atoms with Crippen molar-refractivity contribution in [3.63, 3.8) is 0 Å². The molecule has 6 unspecified atom stereocenters. The minimum absolute atomic E-state index is 0.0220. The van der Waals surface area contributed by atoms with E-state index in [1.807, 2.05) is 0 Å². The normalized spacial score (nSPS) is 49.9. The van der Waals surface area contributed by atoms with Crippen LogP contribution in [0.2, 0.25) is 0 Å².